The Balaban J connectivity index is -0.0000000657. The van der Waals surface area contributed by atoms with Crippen LogP contribution in [0.4, 0.5) is 0 Å². The van der Waals surface area contributed by atoms with Gasteiger partial charge in [0.05, 0.1) is 6.42 Å². The summed E-state index contributed by atoms with van der Waals surface area (Å²) in [6.45, 7) is 1.38. The highest BCUT2D eigenvalue weighted by Gasteiger charge is 2.21. The molecule has 1 nitrogen and oxygen atoms in total. The van der Waals surface area contributed by atoms with Crippen molar-refractivity contribution in [2.24, 2.45) is 0 Å². The van der Waals surface area contributed by atoms with E-state index in [0.29, 0.717) is 0 Å². The van der Waals surface area contributed by atoms with Crippen molar-refractivity contribution in [2.75, 3.05) is 0 Å². The minimum Gasteiger partial charge on any atom is -0.300 e. The Morgan fingerprint density at radius 2 is 0.750 bits per heavy atom. The summed E-state index contributed by atoms with van der Waals surface area (Å²) in [6.07, 6.45) is -0.0162. The van der Waals surface area contributed by atoms with Gasteiger partial charge in [-0.15, -0.1) is 0 Å². The van der Waals surface area contributed by atoms with Gasteiger partial charge in [0.25, 0.3) is 0 Å². The molecule has 0 spiro atoms. The van der Waals surface area contributed by atoms with Crippen LogP contribution < -0.4 is 0 Å². The van der Waals surface area contributed by atoms with Crippen LogP contribution in [0, 0.1) is 0 Å². The summed E-state index contributed by atoms with van der Waals surface area (Å²) in [7, 11) is 0. The highest BCUT2D eigenvalue weighted by molar-refractivity contribution is 6.68. The second-order valence-corrected chi connectivity index (χ2v) is 12.9. The van der Waals surface area contributed by atoms with E-state index in [4.69, 9.17) is 174 Å². The minimum atomic E-state index is -1.41. The average Bonchev–Trinajstić information content (AvgIpc) is 2.06. The van der Waals surface area contributed by atoms with Gasteiger partial charge >= 0.3 is 0 Å². The van der Waals surface area contributed by atoms with Crippen molar-refractivity contribution < 1.29 is 4.79 Å². The summed E-state index contributed by atoms with van der Waals surface area (Å²) in [5, 5.41) is 0. The number of carbonyl (C=O) groups is 1. The Bertz CT molecular complexity index is 203. The molecule has 0 aromatic rings. The zero-order chi connectivity index (χ0) is 21.1. The van der Waals surface area contributed by atoms with Crippen molar-refractivity contribution in [3.63, 3.8) is 0 Å². The van der Waals surface area contributed by atoms with Crippen LogP contribution in [0.25, 0.3) is 0 Å². The molecule has 0 saturated heterocycles. The lowest BCUT2D eigenvalue weighted by Gasteiger charge is -2.05. The zero-order valence-electron chi connectivity index (χ0n) is 11.1. The van der Waals surface area contributed by atoms with Crippen molar-refractivity contribution in [1.82, 2.24) is 0 Å². The van der Waals surface area contributed by atoms with Crippen molar-refractivity contribution in [1.29, 1.82) is 0 Å². The third-order valence-electron chi connectivity index (χ3n) is 0.449. The summed E-state index contributed by atoms with van der Waals surface area (Å²) >= 11 is 73.4. The van der Waals surface area contributed by atoms with Gasteiger partial charge in [-0.2, -0.15) is 0 Å². The Hall–Kier alpha value is 4.02. The Morgan fingerprint density at radius 1 is 0.625 bits per heavy atom. The van der Waals surface area contributed by atoms with E-state index in [1.807, 2.05) is 0 Å². The van der Waals surface area contributed by atoms with Crippen LogP contribution in [0.5, 0.6) is 0 Å². The van der Waals surface area contributed by atoms with Crippen LogP contribution in [0.2, 0.25) is 0 Å². The van der Waals surface area contributed by atoms with Gasteiger partial charge in [0.1, 0.15) is 5.78 Å². The maximum absolute atomic E-state index is 10.2. The first-order valence-corrected chi connectivity index (χ1v) is 11.0. The first-order chi connectivity index (χ1) is 10.3. The van der Waals surface area contributed by atoms with Crippen molar-refractivity contribution in [3.05, 3.63) is 0 Å². The number of alkyl halides is 15. The predicted molar refractivity (Wildman–Crippen MR) is 121 cm³/mol. The van der Waals surface area contributed by atoms with Crippen LogP contribution in [0.3, 0.4) is 0 Å². The minimum absolute atomic E-state index is 0.0162. The molecule has 0 bridgehead atoms. The third-order valence-corrected chi connectivity index (χ3v) is 0.850. The van der Waals surface area contributed by atoms with Crippen molar-refractivity contribution in [2.45, 2.75) is 34.3 Å². The quantitative estimate of drug-likeness (QED) is 0.258. The summed E-state index contributed by atoms with van der Waals surface area (Å²) < 4.78 is -4.41. The summed E-state index contributed by atoms with van der Waals surface area (Å²) in [5.41, 5.74) is 0. The van der Waals surface area contributed by atoms with Gasteiger partial charge in [-0.3, -0.25) is 4.79 Å². The lowest BCUT2D eigenvalue weighted by molar-refractivity contribution is -0.116. The van der Waals surface area contributed by atoms with E-state index >= 15 is 0 Å². The normalized spacial score (nSPS) is 9.83. The standard InChI is InChI=1S/C4H5Cl3O.4CHCl3/c1-3(8)2-4(5,6)7;4*2-1(3)4/h2H2,1H3;4*1H. The number of hydrogen-bond acceptors (Lipinski definition) is 1. The van der Waals surface area contributed by atoms with Crippen LogP contribution in [-0.2, 0) is 4.79 Å². The van der Waals surface area contributed by atoms with Crippen LogP contribution >= 0.6 is 174 Å². The first kappa shape index (κ1) is 38.6. The van der Waals surface area contributed by atoms with E-state index in [2.05, 4.69) is 0 Å². The van der Waals surface area contributed by atoms with E-state index in [1.54, 1.807) is 0 Å². The second-order valence-electron chi connectivity index (χ2n) is 2.48. The third kappa shape index (κ3) is 200. The maximum atomic E-state index is 10.2. The molecular weight excluding hydrogens is 644 g/mol. The van der Waals surface area contributed by atoms with Gasteiger partial charge in [0.2, 0.25) is 0 Å². The van der Waals surface area contributed by atoms with E-state index in [9.17, 15) is 4.79 Å². The van der Waals surface area contributed by atoms with Gasteiger partial charge in [-0.05, 0) is 6.92 Å². The molecule has 24 heavy (non-hydrogen) atoms. The molecule has 0 aliphatic rings. The van der Waals surface area contributed by atoms with Gasteiger partial charge < -0.3 is 0 Å². The fourth-order valence-electron chi connectivity index (χ4n) is 0.282. The Kier molecular flexibility index (Phi) is 43.5. The molecular formula is C8H9Cl15O. The highest BCUT2D eigenvalue weighted by atomic mass is 35.6. The molecule has 0 aromatic heterocycles. The SMILES string of the molecule is CC(=O)CC(Cl)(Cl)Cl.ClC(Cl)Cl.ClC(Cl)Cl.ClC(Cl)Cl.ClC(Cl)Cl. The second kappa shape index (κ2) is 27.0. The van der Waals surface area contributed by atoms with E-state index in [-0.39, 0.29) is 12.2 Å². The monoisotopic (exact) mass is 646 g/mol. The molecule has 0 aliphatic heterocycles. The fourth-order valence-corrected chi connectivity index (χ4v) is 0.847. The maximum Gasteiger partial charge on any atom is 0.197 e. The number of Topliss-reactive ketones (excluding diaryl/α,β-unsaturated/α-hetero) is 1. The van der Waals surface area contributed by atoms with Crippen molar-refractivity contribution >= 4 is 180 Å². The van der Waals surface area contributed by atoms with E-state index in [1.165, 1.54) is 6.92 Å². The Labute approximate surface area is 216 Å². The molecule has 0 unspecified atom stereocenters. The molecule has 16 heteroatoms. The topological polar surface area (TPSA) is 17.1 Å². The van der Waals surface area contributed by atoms with Gasteiger partial charge in [0, 0.05) is 0 Å². The fraction of sp³-hybridized carbons (Fsp3) is 0.875. The van der Waals surface area contributed by atoms with Gasteiger partial charge in [-0.1, -0.05) is 174 Å². The summed E-state index contributed by atoms with van der Waals surface area (Å²) in [6, 6.07) is 0. The molecule has 152 valence electrons. The highest BCUT2D eigenvalue weighted by Crippen LogP contribution is 2.29. The molecule has 0 rings (SSSR count). The van der Waals surface area contributed by atoms with Crippen molar-refractivity contribution in [3.8, 4) is 0 Å². The molecule has 0 atom stereocenters. The number of ketones is 1. The predicted octanol–water partition coefficient (Wildman–Crippen LogP) is 10.3. The Morgan fingerprint density at radius 3 is 0.750 bits per heavy atom. The number of carbonyl (C=O) groups excluding carboxylic acids is 1. The van der Waals surface area contributed by atoms with E-state index < -0.39 is 21.0 Å². The zero-order valence-corrected chi connectivity index (χ0v) is 22.4. The molecule has 0 saturated carbocycles. The van der Waals surface area contributed by atoms with Gasteiger partial charge in [-0.25, -0.2) is 0 Å². The lowest BCUT2D eigenvalue weighted by atomic mass is 10.3. The molecule has 0 radical (unpaired) electrons. The molecule has 0 aromatic carbocycles. The lowest BCUT2D eigenvalue weighted by Crippen LogP contribution is -2.07. The largest absolute Gasteiger partial charge is 0.300 e. The van der Waals surface area contributed by atoms with Crippen LogP contribution in [0.1, 0.15) is 13.3 Å². The molecule has 0 heterocycles. The first-order valence-electron chi connectivity index (χ1n) is 4.60. The number of hydrogen-bond donors (Lipinski definition) is 0. The molecule has 0 fully saturated rings. The smallest absolute Gasteiger partial charge is 0.197 e. The number of halogens is 15. The summed E-state index contributed by atoms with van der Waals surface area (Å²) in [5.74, 6) is -0.120. The number of rotatable bonds is 1. The molecule has 0 aliphatic carbocycles. The van der Waals surface area contributed by atoms with Gasteiger partial charge in [0.15, 0.2) is 21.0 Å². The van der Waals surface area contributed by atoms with Crippen LogP contribution in [0.15, 0.2) is 0 Å². The van der Waals surface area contributed by atoms with Crippen LogP contribution in [-0.4, -0.2) is 26.8 Å². The molecule has 0 amide bonds. The van der Waals surface area contributed by atoms with E-state index in [0.717, 1.165) is 0 Å². The summed E-state index contributed by atoms with van der Waals surface area (Å²) in [4.78, 5) is 10.2. The average molecular weight is 653 g/mol. The molecule has 0 N–H and O–H groups in total.